The van der Waals surface area contributed by atoms with E-state index in [9.17, 15) is 9.59 Å². The van der Waals surface area contributed by atoms with Gasteiger partial charge < -0.3 is 24.1 Å². The molecule has 1 aromatic heterocycles. The van der Waals surface area contributed by atoms with E-state index in [2.05, 4.69) is 5.32 Å². The zero-order valence-corrected chi connectivity index (χ0v) is 16.3. The molecule has 1 N–H and O–H groups in total. The number of furan rings is 1. The summed E-state index contributed by atoms with van der Waals surface area (Å²) < 4.78 is 16.0. The fourth-order valence-electron chi connectivity index (χ4n) is 2.48. The fourth-order valence-corrected chi connectivity index (χ4v) is 2.48. The fraction of sp³-hybridized carbons (Fsp3) is 0.182. The Hall–Kier alpha value is -3.74. The molecule has 0 radical (unpaired) electrons. The largest absolute Gasteiger partial charge is 0.486 e. The summed E-state index contributed by atoms with van der Waals surface area (Å²) >= 11 is 0. The van der Waals surface area contributed by atoms with Crippen molar-refractivity contribution in [3.8, 4) is 5.75 Å². The van der Waals surface area contributed by atoms with E-state index in [0.717, 1.165) is 5.69 Å². The van der Waals surface area contributed by atoms with Gasteiger partial charge in [0.25, 0.3) is 5.91 Å². The average molecular weight is 394 g/mol. The van der Waals surface area contributed by atoms with E-state index in [1.165, 1.54) is 6.07 Å². The van der Waals surface area contributed by atoms with Crippen LogP contribution in [0.1, 0.15) is 16.3 Å². The Balaban J connectivity index is 1.45. The Morgan fingerprint density at radius 3 is 2.38 bits per heavy atom. The molecule has 7 nitrogen and oxygen atoms in total. The smallest absolute Gasteiger partial charge is 0.374 e. The molecule has 0 aliphatic carbocycles. The molecule has 0 aliphatic heterocycles. The number of nitrogens with zero attached hydrogens (tertiary/aromatic N) is 1. The van der Waals surface area contributed by atoms with Crippen LogP contribution in [0, 0.1) is 0 Å². The van der Waals surface area contributed by atoms with Gasteiger partial charge in [-0.1, -0.05) is 18.2 Å². The summed E-state index contributed by atoms with van der Waals surface area (Å²) in [6.07, 6.45) is 0. The first kappa shape index (κ1) is 20.0. The summed E-state index contributed by atoms with van der Waals surface area (Å²) in [6, 6.07) is 19.7. The molecule has 0 fully saturated rings. The minimum Gasteiger partial charge on any atom is -0.486 e. The number of anilines is 2. The topological polar surface area (TPSA) is 81.0 Å². The summed E-state index contributed by atoms with van der Waals surface area (Å²) in [5.41, 5.74) is 1.63. The molecule has 0 saturated carbocycles. The maximum Gasteiger partial charge on any atom is 0.374 e. The molecule has 0 spiro atoms. The lowest BCUT2D eigenvalue weighted by Gasteiger charge is -2.13. The van der Waals surface area contributed by atoms with Crippen LogP contribution in [-0.2, 0) is 16.1 Å². The Morgan fingerprint density at radius 2 is 1.69 bits per heavy atom. The molecule has 0 bridgehead atoms. The summed E-state index contributed by atoms with van der Waals surface area (Å²) in [5.74, 6) is 0.0403. The third kappa shape index (κ3) is 5.87. The van der Waals surface area contributed by atoms with Gasteiger partial charge in [-0.25, -0.2) is 4.79 Å². The SMILES string of the molecule is CN(C)c1ccc(NC(=O)COC(=O)c2ccc(COc3ccccc3)o2)cc1. The maximum absolute atomic E-state index is 12.1. The number of benzene rings is 2. The zero-order valence-electron chi connectivity index (χ0n) is 16.3. The van der Waals surface area contributed by atoms with Gasteiger partial charge in [-0.15, -0.1) is 0 Å². The van der Waals surface area contributed by atoms with Crippen molar-refractivity contribution in [2.45, 2.75) is 6.61 Å². The van der Waals surface area contributed by atoms with Gasteiger partial charge in [-0.05, 0) is 48.5 Å². The van der Waals surface area contributed by atoms with Crippen LogP contribution in [-0.4, -0.2) is 32.6 Å². The number of ether oxygens (including phenoxy) is 2. The van der Waals surface area contributed by atoms with Crippen LogP contribution in [0.3, 0.4) is 0 Å². The van der Waals surface area contributed by atoms with Gasteiger partial charge in [0.15, 0.2) is 6.61 Å². The first-order chi connectivity index (χ1) is 14.0. The molecule has 0 unspecified atom stereocenters. The molecule has 0 saturated heterocycles. The Bertz CT molecular complexity index is 949. The molecular weight excluding hydrogens is 372 g/mol. The third-order valence-corrected chi connectivity index (χ3v) is 3.99. The molecule has 2 aromatic carbocycles. The summed E-state index contributed by atoms with van der Waals surface area (Å²) in [6.45, 7) is -0.231. The van der Waals surface area contributed by atoms with E-state index in [1.54, 1.807) is 18.2 Å². The molecule has 3 aromatic rings. The predicted molar refractivity (Wildman–Crippen MR) is 109 cm³/mol. The Kier molecular flexibility index (Phi) is 6.52. The number of esters is 1. The summed E-state index contributed by atoms with van der Waals surface area (Å²) in [5, 5.41) is 2.67. The van der Waals surface area contributed by atoms with Gasteiger partial charge in [0.1, 0.15) is 18.1 Å². The van der Waals surface area contributed by atoms with Gasteiger partial charge in [0.2, 0.25) is 5.76 Å². The van der Waals surface area contributed by atoms with Crippen molar-refractivity contribution >= 4 is 23.3 Å². The molecule has 0 aliphatic rings. The van der Waals surface area contributed by atoms with Crippen molar-refractivity contribution in [3.63, 3.8) is 0 Å². The normalized spacial score (nSPS) is 10.3. The predicted octanol–water partition coefficient (Wildman–Crippen LogP) is 3.72. The average Bonchev–Trinajstić information content (AvgIpc) is 3.21. The van der Waals surface area contributed by atoms with Gasteiger partial charge >= 0.3 is 5.97 Å². The van der Waals surface area contributed by atoms with Gasteiger partial charge in [-0.3, -0.25) is 4.79 Å². The monoisotopic (exact) mass is 394 g/mol. The molecule has 3 rings (SSSR count). The highest BCUT2D eigenvalue weighted by molar-refractivity contribution is 5.94. The van der Waals surface area contributed by atoms with Crippen LogP contribution in [0.15, 0.2) is 71.1 Å². The van der Waals surface area contributed by atoms with Gasteiger partial charge in [0.05, 0.1) is 0 Å². The minimum atomic E-state index is -0.714. The van der Waals surface area contributed by atoms with Crippen LogP contribution in [0.4, 0.5) is 11.4 Å². The number of hydrogen-bond acceptors (Lipinski definition) is 6. The van der Waals surface area contributed by atoms with E-state index in [-0.39, 0.29) is 12.4 Å². The van der Waals surface area contributed by atoms with Crippen LogP contribution in [0.2, 0.25) is 0 Å². The van der Waals surface area contributed by atoms with Gasteiger partial charge in [-0.2, -0.15) is 0 Å². The first-order valence-electron chi connectivity index (χ1n) is 9.02. The summed E-state index contributed by atoms with van der Waals surface area (Å²) in [4.78, 5) is 26.0. The van der Waals surface area contributed by atoms with E-state index in [4.69, 9.17) is 13.9 Å². The number of carbonyl (C=O) groups excluding carboxylic acids is 2. The molecular formula is C22H22N2O5. The molecule has 7 heteroatoms. The highest BCUT2D eigenvalue weighted by Gasteiger charge is 2.15. The highest BCUT2D eigenvalue weighted by atomic mass is 16.6. The lowest BCUT2D eigenvalue weighted by atomic mass is 10.2. The summed E-state index contributed by atoms with van der Waals surface area (Å²) in [7, 11) is 3.86. The van der Waals surface area contributed by atoms with Crippen LogP contribution >= 0.6 is 0 Å². The quantitative estimate of drug-likeness (QED) is 0.587. The molecule has 150 valence electrons. The number of hydrogen-bond donors (Lipinski definition) is 1. The first-order valence-corrected chi connectivity index (χ1v) is 9.02. The van der Waals surface area contributed by atoms with Crippen LogP contribution < -0.4 is 15.0 Å². The van der Waals surface area contributed by atoms with E-state index in [1.807, 2.05) is 61.5 Å². The van der Waals surface area contributed by atoms with Crippen molar-refractivity contribution in [2.24, 2.45) is 0 Å². The number of amides is 1. The number of para-hydroxylation sites is 1. The second-order valence-corrected chi connectivity index (χ2v) is 6.43. The molecule has 29 heavy (non-hydrogen) atoms. The van der Waals surface area contributed by atoms with Crippen molar-refractivity contribution in [1.82, 2.24) is 0 Å². The molecule has 1 heterocycles. The molecule has 1 amide bonds. The van der Waals surface area contributed by atoms with Crippen molar-refractivity contribution in [3.05, 3.63) is 78.3 Å². The second kappa shape index (κ2) is 9.45. The van der Waals surface area contributed by atoms with Crippen molar-refractivity contribution in [1.29, 1.82) is 0 Å². The van der Waals surface area contributed by atoms with Crippen LogP contribution in [0.25, 0.3) is 0 Å². The van der Waals surface area contributed by atoms with Crippen molar-refractivity contribution < 1.29 is 23.5 Å². The van der Waals surface area contributed by atoms with Crippen molar-refractivity contribution in [2.75, 3.05) is 30.9 Å². The van der Waals surface area contributed by atoms with E-state index < -0.39 is 18.5 Å². The molecule has 0 atom stereocenters. The Labute approximate surface area is 168 Å². The number of nitrogens with one attached hydrogen (secondary N) is 1. The lowest BCUT2D eigenvalue weighted by Crippen LogP contribution is -2.20. The Morgan fingerprint density at radius 1 is 0.966 bits per heavy atom. The lowest BCUT2D eigenvalue weighted by molar-refractivity contribution is -0.119. The number of carbonyl (C=O) groups is 2. The maximum atomic E-state index is 12.1. The second-order valence-electron chi connectivity index (χ2n) is 6.43. The standard InChI is InChI=1S/C22H22N2O5/c1-24(2)17-10-8-16(9-11-17)23-21(25)15-28-22(26)20-13-12-19(29-20)14-27-18-6-4-3-5-7-18/h3-13H,14-15H2,1-2H3,(H,23,25). The van der Waals surface area contributed by atoms with E-state index >= 15 is 0 Å². The third-order valence-electron chi connectivity index (χ3n) is 3.99. The number of rotatable bonds is 8. The minimum absolute atomic E-state index is 0.0137. The zero-order chi connectivity index (χ0) is 20.6. The van der Waals surface area contributed by atoms with Crippen LogP contribution in [0.5, 0.6) is 5.75 Å². The highest BCUT2D eigenvalue weighted by Crippen LogP contribution is 2.16. The van der Waals surface area contributed by atoms with Gasteiger partial charge in [0, 0.05) is 25.5 Å². The van der Waals surface area contributed by atoms with E-state index in [0.29, 0.717) is 17.2 Å².